The van der Waals surface area contributed by atoms with Crippen LogP contribution in [0.15, 0.2) is 35.8 Å². The normalized spacial score (nSPS) is 11.7. The Morgan fingerprint density at radius 2 is 2.25 bits per heavy atom. The standard InChI is InChI=1S/C13H12N2O4S/c1-19-13(18)8-4-5-14-10(7-8)15-11(12(16)17)9-3-2-6-20-9/h2-7,11H,1H3,(H,14,15)(H,16,17). The fraction of sp³-hybridized carbons (Fsp3) is 0.154. The van der Waals surface area contributed by atoms with Gasteiger partial charge in [0.15, 0.2) is 6.04 Å². The zero-order valence-corrected chi connectivity index (χ0v) is 11.4. The van der Waals surface area contributed by atoms with E-state index in [-0.39, 0.29) is 0 Å². The molecular weight excluding hydrogens is 280 g/mol. The van der Waals surface area contributed by atoms with E-state index < -0.39 is 18.0 Å². The van der Waals surface area contributed by atoms with Gasteiger partial charge < -0.3 is 15.2 Å². The first-order chi connectivity index (χ1) is 9.61. The minimum atomic E-state index is -1.02. The van der Waals surface area contributed by atoms with Gasteiger partial charge in [0.2, 0.25) is 0 Å². The molecule has 2 heterocycles. The Kier molecular flexibility index (Phi) is 4.31. The second-order valence-electron chi connectivity index (χ2n) is 3.85. The van der Waals surface area contributed by atoms with Crippen LogP contribution >= 0.6 is 11.3 Å². The Hall–Kier alpha value is -2.41. The number of aliphatic carboxylic acids is 1. The number of carboxylic acid groups (broad SMARTS) is 1. The maximum absolute atomic E-state index is 11.4. The first-order valence-corrected chi connectivity index (χ1v) is 6.57. The van der Waals surface area contributed by atoms with E-state index in [2.05, 4.69) is 15.0 Å². The first kappa shape index (κ1) is 14.0. The lowest BCUT2D eigenvalue weighted by molar-refractivity contribution is -0.138. The van der Waals surface area contributed by atoms with Gasteiger partial charge in [0.05, 0.1) is 12.7 Å². The molecule has 0 spiro atoms. The van der Waals surface area contributed by atoms with Crippen LogP contribution in [0.1, 0.15) is 21.3 Å². The van der Waals surface area contributed by atoms with Gasteiger partial charge in [-0.25, -0.2) is 14.6 Å². The topological polar surface area (TPSA) is 88.5 Å². The molecule has 7 heteroatoms. The van der Waals surface area contributed by atoms with Gasteiger partial charge >= 0.3 is 11.9 Å². The maximum atomic E-state index is 11.4. The largest absolute Gasteiger partial charge is 0.479 e. The van der Waals surface area contributed by atoms with Crippen molar-refractivity contribution >= 4 is 29.1 Å². The highest BCUT2D eigenvalue weighted by atomic mass is 32.1. The molecule has 0 aromatic carbocycles. The van der Waals surface area contributed by atoms with Crippen LogP contribution in [0.5, 0.6) is 0 Å². The summed E-state index contributed by atoms with van der Waals surface area (Å²) in [7, 11) is 1.28. The van der Waals surface area contributed by atoms with E-state index in [1.165, 1.54) is 36.8 Å². The van der Waals surface area contributed by atoms with Gasteiger partial charge in [-0.3, -0.25) is 0 Å². The summed E-state index contributed by atoms with van der Waals surface area (Å²) in [5.74, 6) is -1.22. The van der Waals surface area contributed by atoms with E-state index in [4.69, 9.17) is 0 Å². The highest BCUT2D eigenvalue weighted by molar-refractivity contribution is 7.10. The number of anilines is 1. The van der Waals surface area contributed by atoms with Crippen LogP contribution in [0, 0.1) is 0 Å². The molecule has 0 radical (unpaired) electrons. The van der Waals surface area contributed by atoms with Gasteiger partial charge in [-0.1, -0.05) is 6.07 Å². The van der Waals surface area contributed by atoms with Crippen molar-refractivity contribution in [1.82, 2.24) is 4.98 Å². The number of carbonyl (C=O) groups excluding carboxylic acids is 1. The predicted molar refractivity (Wildman–Crippen MR) is 73.9 cm³/mol. The van der Waals surface area contributed by atoms with Crippen molar-refractivity contribution in [3.63, 3.8) is 0 Å². The zero-order valence-electron chi connectivity index (χ0n) is 10.6. The quantitative estimate of drug-likeness (QED) is 0.821. The average Bonchev–Trinajstić information content (AvgIpc) is 2.97. The predicted octanol–water partition coefficient (Wildman–Crippen LogP) is 2.17. The van der Waals surface area contributed by atoms with Crippen molar-refractivity contribution < 1.29 is 19.4 Å². The van der Waals surface area contributed by atoms with Gasteiger partial charge in [-0.2, -0.15) is 0 Å². The summed E-state index contributed by atoms with van der Waals surface area (Å²) in [6.45, 7) is 0. The lowest BCUT2D eigenvalue weighted by Gasteiger charge is -2.13. The van der Waals surface area contributed by atoms with Crippen molar-refractivity contribution in [2.24, 2.45) is 0 Å². The highest BCUT2D eigenvalue weighted by Crippen LogP contribution is 2.23. The van der Waals surface area contributed by atoms with Crippen molar-refractivity contribution in [2.45, 2.75) is 6.04 Å². The van der Waals surface area contributed by atoms with Gasteiger partial charge in [0, 0.05) is 11.1 Å². The number of thiophene rings is 1. The Bertz CT molecular complexity index is 613. The number of aromatic nitrogens is 1. The second kappa shape index (κ2) is 6.16. The van der Waals surface area contributed by atoms with E-state index in [0.717, 1.165) is 0 Å². The fourth-order valence-electron chi connectivity index (χ4n) is 1.61. The van der Waals surface area contributed by atoms with Crippen molar-refractivity contribution in [1.29, 1.82) is 0 Å². The summed E-state index contributed by atoms with van der Waals surface area (Å²) >= 11 is 1.33. The van der Waals surface area contributed by atoms with Crippen molar-refractivity contribution in [3.05, 3.63) is 46.3 Å². The van der Waals surface area contributed by atoms with Crippen LogP contribution in [0.3, 0.4) is 0 Å². The smallest absolute Gasteiger partial charge is 0.338 e. The molecule has 1 unspecified atom stereocenters. The molecule has 0 aliphatic carbocycles. The molecule has 0 saturated heterocycles. The number of hydrogen-bond acceptors (Lipinski definition) is 6. The molecule has 20 heavy (non-hydrogen) atoms. The van der Waals surface area contributed by atoms with Crippen LogP contribution in [0.25, 0.3) is 0 Å². The van der Waals surface area contributed by atoms with Crippen LogP contribution in [-0.4, -0.2) is 29.1 Å². The third-order valence-corrected chi connectivity index (χ3v) is 3.49. The Morgan fingerprint density at radius 3 is 2.85 bits per heavy atom. The fourth-order valence-corrected chi connectivity index (χ4v) is 2.38. The molecule has 0 aliphatic rings. The number of nitrogens with zero attached hydrogens (tertiary/aromatic N) is 1. The zero-order chi connectivity index (χ0) is 14.5. The number of rotatable bonds is 5. The third-order valence-electron chi connectivity index (χ3n) is 2.55. The summed E-state index contributed by atoms with van der Waals surface area (Å²) in [6.07, 6.45) is 1.42. The molecule has 1 atom stereocenters. The van der Waals surface area contributed by atoms with Gasteiger partial charge in [0.25, 0.3) is 0 Å². The number of esters is 1. The van der Waals surface area contributed by atoms with Crippen LogP contribution in [-0.2, 0) is 9.53 Å². The Morgan fingerprint density at radius 1 is 1.45 bits per heavy atom. The molecule has 104 valence electrons. The van der Waals surface area contributed by atoms with Crippen LogP contribution in [0.4, 0.5) is 5.82 Å². The Balaban J connectivity index is 2.23. The number of pyridine rings is 1. The SMILES string of the molecule is COC(=O)c1ccnc(NC(C(=O)O)c2cccs2)c1. The number of carboxylic acids is 1. The highest BCUT2D eigenvalue weighted by Gasteiger charge is 2.21. The lowest BCUT2D eigenvalue weighted by atomic mass is 10.2. The minimum absolute atomic E-state index is 0.300. The van der Waals surface area contributed by atoms with Crippen molar-refractivity contribution in [3.8, 4) is 0 Å². The summed E-state index contributed by atoms with van der Waals surface area (Å²) in [5.41, 5.74) is 0.306. The molecule has 2 N–H and O–H groups in total. The van der Waals surface area contributed by atoms with E-state index in [9.17, 15) is 14.7 Å². The van der Waals surface area contributed by atoms with E-state index in [1.807, 2.05) is 0 Å². The lowest BCUT2D eigenvalue weighted by Crippen LogP contribution is -2.20. The van der Waals surface area contributed by atoms with Crippen LogP contribution < -0.4 is 5.32 Å². The third kappa shape index (κ3) is 3.12. The number of methoxy groups -OCH3 is 1. The Labute approximate surface area is 119 Å². The monoisotopic (exact) mass is 292 g/mol. The molecular formula is C13H12N2O4S. The molecule has 0 amide bonds. The number of nitrogens with one attached hydrogen (secondary N) is 1. The number of carbonyl (C=O) groups is 2. The van der Waals surface area contributed by atoms with Crippen molar-refractivity contribution in [2.75, 3.05) is 12.4 Å². The summed E-state index contributed by atoms with van der Waals surface area (Å²) in [6, 6.07) is 5.54. The molecule has 0 aliphatic heterocycles. The molecule has 0 saturated carbocycles. The van der Waals surface area contributed by atoms with Crippen LogP contribution in [0.2, 0.25) is 0 Å². The van der Waals surface area contributed by atoms with E-state index in [0.29, 0.717) is 16.3 Å². The van der Waals surface area contributed by atoms with E-state index >= 15 is 0 Å². The minimum Gasteiger partial charge on any atom is -0.479 e. The first-order valence-electron chi connectivity index (χ1n) is 5.69. The molecule has 2 aromatic heterocycles. The molecule has 2 rings (SSSR count). The van der Waals surface area contributed by atoms with Gasteiger partial charge in [0.1, 0.15) is 5.82 Å². The van der Waals surface area contributed by atoms with E-state index in [1.54, 1.807) is 17.5 Å². The summed E-state index contributed by atoms with van der Waals surface area (Å²) < 4.78 is 4.61. The average molecular weight is 292 g/mol. The number of hydrogen-bond donors (Lipinski definition) is 2. The molecule has 0 fully saturated rings. The maximum Gasteiger partial charge on any atom is 0.338 e. The second-order valence-corrected chi connectivity index (χ2v) is 4.83. The number of ether oxygens (including phenoxy) is 1. The molecule has 6 nitrogen and oxygen atoms in total. The van der Waals surface area contributed by atoms with Gasteiger partial charge in [-0.05, 0) is 23.6 Å². The molecule has 0 bridgehead atoms. The molecule has 2 aromatic rings. The van der Waals surface area contributed by atoms with Gasteiger partial charge in [-0.15, -0.1) is 11.3 Å². The summed E-state index contributed by atoms with van der Waals surface area (Å²) in [4.78, 5) is 27.4. The summed E-state index contributed by atoms with van der Waals surface area (Å²) in [5, 5.41) is 13.8.